The van der Waals surface area contributed by atoms with E-state index in [1.807, 2.05) is 30.5 Å². The molecule has 2 aromatic heterocycles. The number of aromatic nitrogens is 3. The molecule has 0 aliphatic rings. The van der Waals surface area contributed by atoms with Crippen molar-refractivity contribution >= 4 is 28.3 Å². The van der Waals surface area contributed by atoms with Crippen molar-refractivity contribution in [3.8, 4) is 5.69 Å². The summed E-state index contributed by atoms with van der Waals surface area (Å²) in [6.07, 6.45) is 0. The number of amides is 1. The van der Waals surface area contributed by atoms with E-state index in [4.69, 9.17) is 0 Å². The van der Waals surface area contributed by atoms with Crippen molar-refractivity contribution in [2.75, 3.05) is 12.4 Å². The second kappa shape index (κ2) is 6.63. The Balaban J connectivity index is 2.00. The summed E-state index contributed by atoms with van der Waals surface area (Å²) < 4.78 is 6.09. The Morgan fingerprint density at radius 1 is 1.25 bits per heavy atom. The van der Waals surface area contributed by atoms with Crippen molar-refractivity contribution in [3.63, 3.8) is 0 Å². The third kappa shape index (κ3) is 3.18. The molecule has 1 amide bonds. The van der Waals surface area contributed by atoms with Gasteiger partial charge in [-0.2, -0.15) is 5.10 Å². The number of hydrogen-bond donors (Lipinski definition) is 1. The van der Waals surface area contributed by atoms with Crippen LogP contribution in [0.2, 0.25) is 0 Å². The molecule has 0 unspecified atom stereocenters. The molecular formula is C16H14N4O3S. The maximum Gasteiger partial charge on any atom is 0.358 e. The van der Waals surface area contributed by atoms with Crippen LogP contribution in [-0.4, -0.2) is 33.8 Å². The molecule has 0 aliphatic carbocycles. The minimum atomic E-state index is -0.608. The zero-order chi connectivity index (χ0) is 17.1. The van der Waals surface area contributed by atoms with Crippen LogP contribution in [0.15, 0.2) is 41.8 Å². The second-order valence-electron chi connectivity index (χ2n) is 4.90. The van der Waals surface area contributed by atoms with Crippen LogP contribution in [0.5, 0.6) is 0 Å². The Hall–Kier alpha value is -3.00. The smallest absolute Gasteiger partial charge is 0.358 e. The number of benzene rings is 1. The highest BCUT2D eigenvalue weighted by Crippen LogP contribution is 2.18. The molecule has 1 N–H and O–H groups in total. The van der Waals surface area contributed by atoms with Crippen LogP contribution in [0.3, 0.4) is 0 Å². The van der Waals surface area contributed by atoms with Crippen molar-refractivity contribution in [2.45, 2.75) is 6.92 Å². The lowest BCUT2D eigenvalue weighted by Gasteiger charge is -2.06. The average Bonchev–Trinajstić information content (AvgIpc) is 3.21. The van der Waals surface area contributed by atoms with Crippen LogP contribution in [-0.2, 0) is 4.74 Å². The molecule has 3 rings (SSSR count). The number of thiazole rings is 1. The molecule has 2 heterocycles. The number of hydrogen-bond acceptors (Lipinski definition) is 6. The van der Waals surface area contributed by atoms with Gasteiger partial charge in [-0.15, -0.1) is 11.3 Å². The highest BCUT2D eigenvalue weighted by molar-refractivity contribution is 7.13. The van der Waals surface area contributed by atoms with Gasteiger partial charge in [0.1, 0.15) is 5.69 Å². The van der Waals surface area contributed by atoms with Crippen molar-refractivity contribution in [2.24, 2.45) is 0 Å². The summed E-state index contributed by atoms with van der Waals surface area (Å²) in [5.74, 6) is -1.01. The molecular weight excluding hydrogens is 328 g/mol. The van der Waals surface area contributed by atoms with Crippen molar-refractivity contribution in [1.29, 1.82) is 0 Å². The minimum absolute atomic E-state index is 0.0572. The van der Waals surface area contributed by atoms with Gasteiger partial charge in [0.25, 0.3) is 5.91 Å². The first-order valence-electron chi connectivity index (χ1n) is 7.06. The summed E-state index contributed by atoms with van der Waals surface area (Å²) in [6, 6.07) is 10.5. The van der Waals surface area contributed by atoms with Crippen LogP contribution < -0.4 is 5.32 Å². The van der Waals surface area contributed by atoms with E-state index in [2.05, 4.69) is 20.1 Å². The number of carbonyl (C=O) groups is 2. The fourth-order valence-corrected chi connectivity index (χ4v) is 2.77. The SMILES string of the molecule is COC(=O)c1cc(C(=O)Nc2nc(C)cs2)n(-c2ccccc2)n1. The molecule has 0 aliphatic heterocycles. The van der Waals surface area contributed by atoms with Gasteiger partial charge in [-0.05, 0) is 19.1 Å². The molecule has 3 aromatic rings. The van der Waals surface area contributed by atoms with Gasteiger partial charge in [-0.3, -0.25) is 10.1 Å². The van der Waals surface area contributed by atoms with Gasteiger partial charge < -0.3 is 4.74 Å². The first-order chi connectivity index (χ1) is 11.6. The Morgan fingerprint density at radius 2 is 2.00 bits per heavy atom. The van der Waals surface area contributed by atoms with Gasteiger partial charge in [0, 0.05) is 11.4 Å². The van der Waals surface area contributed by atoms with Crippen LogP contribution in [0.25, 0.3) is 5.69 Å². The van der Waals surface area contributed by atoms with E-state index >= 15 is 0 Å². The highest BCUT2D eigenvalue weighted by Gasteiger charge is 2.21. The van der Waals surface area contributed by atoms with Crippen molar-refractivity contribution < 1.29 is 14.3 Å². The van der Waals surface area contributed by atoms with Gasteiger partial charge in [-0.1, -0.05) is 18.2 Å². The van der Waals surface area contributed by atoms with Gasteiger partial charge in [0.15, 0.2) is 10.8 Å². The first-order valence-corrected chi connectivity index (χ1v) is 7.93. The van der Waals surface area contributed by atoms with Crippen molar-refractivity contribution in [1.82, 2.24) is 14.8 Å². The highest BCUT2D eigenvalue weighted by atomic mass is 32.1. The number of para-hydroxylation sites is 1. The van der Waals surface area contributed by atoms with E-state index in [0.717, 1.165) is 5.69 Å². The normalized spacial score (nSPS) is 10.4. The summed E-state index contributed by atoms with van der Waals surface area (Å²) >= 11 is 1.33. The Kier molecular flexibility index (Phi) is 4.39. The second-order valence-corrected chi connectivity index (χ2v) is 5.76. The number of ether oxygens (including phenoxy) is 1. The number of nitrogens with zero attached hydrogens (tertiary/aromatic N) is 3. The monoisotopic (exact) mass is 342 g/mol. The van der Waals surface area contributed by atoms with Gasteiger partial charge in [0.2, 0.25) is 0 Å². The molecule has 0 saturated heterocycles. The van der Waals surface area contributed by atoms with Crippen molar-refractivity contribution in [3.05, 3.63) is 58.9 Å². The van der Waals surface area contributed by atoms with E-state index < -0.39 is 11.9 Å². The predicted octanol–water partition coefficient (Wildman–Crippen LogP) is 2.68. The van der Waals surface area contributed by atoms with E-state index in [0.29, 0.717) is 10.8 Å². The molecule has 0 spiro atoms. The van der Waals surface area contributed by atoms with Crippen LogP contribution in [0.4, 0.5) is 5.13 Å². The lowest BCUT2D eigenvalue weighted by Crippen LogP contribution is -2.16. The average molecular weight is 342 g/mol. The number of aryl methyl sites for hydroxylation is 1. The third-order valence-corrected chi connectivity index (χ3v) is 4.05. The molecule has 122 valence electrons. The predicted molar refractivity (Wildman–Crippen MR) is 89.7 cm³/mol. The number of carbonyl (C=O) groups excluding carboxylic acids is 2. The van der Waals surface area contributed by atoms with E-state index in [-0.39, 0.29) is 11.4 Å². The number of nitrogens with one attached hydrogen (secondary N) is 1. The standard InChI is InChI=1S/C16H14N4O3S/c1-10-9-24-16(17-10)18-14(21)13-8-12(15(22)23-2)19-20(13)11-6-4-3-5-7-11/h3-9H,1-2H3,(H,17,18,21). The van der Waals surface area contributed by atoms with Gasteiger partial charge in [0.05, 0.1) is 18.5 Å². The molecule has 0 bridgehead atoms. The maximum absolute atomic E-state index is 12.6. The lowest BCUT2D eigenvalue weighted by atomic mass is 10.3. The summed E-state index contributed by atoms with van der Waals surface area (Å²) in [4.78, 5) is 28.5. The Labute approximate surface area is 141 Å². The molecule has 1 aromatic carbocycles. The van der Waals surface area contributed by atoms with E-state index in [1.165, 1.54) is 29.2 Å². The van der Waals surface area contributed by atoms with E-state index in [1.54, 1.807) is 12.1 Å². The number of esters is 1. The Bertz CT molecular complexity index is 886. The fourth-order valence-electron chi connectivity index (χ4n) is 2.09. The molecule has 8 heteroatoms. The van der Waals surface area contributed by atoms with Gasteiger partial charge >= 0.3 is 5.97 Å². The van der Waals surface area contributed by atoms with Crippen LogP contribution in [0.1, 0.15) is 26.7 Å². The Morgan fingerprint density at radius 3 is 2.62 bits per heavy atom. The third-order valence-electron chi connectivity index (χ3n) is 3.18. The topological polar surface area (TPSA) is 86.1 Å². The fraction of sp³-hybridized carbons (Fsp3) is 0.125. The van der Waals surface area contributed by atoms with Gasteiger partial charge in [-0.25, -0.2) is 14.5 Å². The zero-order valence-corrected chi connectivity index (χ0v) is 13.8. The molecule has 7 nitrogen and oxygen atoms in total. The maximum atomic E-state index is 12.6. The van der Waals surface area contributed by atoms with E-state index in [9.17, 15) is 9.59 Å². The summed E-state index contributed by atoms with van der Waals surface area (Å²) in [6.45, 7) is 1.84. The van der Waals surface area contributed by atoms with Crippen LogP contribution in [0, 0.1) is 6.92 Å². The molecule has 0 saturated carbocycles. The summed E-state index contributed by atoms with van der Waals surface area (Å²) in [7, 11) is 1.27. The molecule has 0 radical (unpaired) electrons. The summed E-state index contributed by atoms with van der Waals surface area (Å²) in [5.41, 5.74) is 1.76. The largest absolute Gasteiger partial charge is 0.464 e. The number of anilines is 1. The molecule has 0 fully saturated rings. The lowest BCUT2D eigenvalue weighted by molar-refractivity contribution is 0.0593. The molecule has 0 atom stereocenters. The molecule has 24 heavy (non-hydrogen) atoms. The minimum Gasteiger partial charge on any atom is -0.464 e. The van der Waals surface area contributed by atoms with Crippen LogP contribution >= 0.6 is 11.3 Å². The number of methoxy groups -OCH3 is 1. The summed E-state index contributed by atoms with van der Waals surface area (Å²) in [5, 5.41) is 9.22. The quantitative estimate of drug-likeness (QED) is 0.737. The first kappa shape index (κ1) is 15.9. The number of rotatable bonds is 4. The zero-order valence-electron chi connectivity index (χ0n) is 13.0.